The van der Waals surface area contributed by atoms with Gasteiger partial charge in [0.2, 0.25) is 0 Å². The lowest BCUT2D eigenvalue weighted by Gasteiger charge is -2.30. The third-order valence-electron chi connectivity index (χ3n) is 3.28. The van der Waals surface area contributed by atoms with Crippen LogP contribution >= 0.6 is 0 Å². The molecule has 0 bridgehead atoms. The van der Waals surface area contributed by atoms with Crippen LogP contribution in [0.2, 0.25) is 0 Å². The molecular formula is C12H17FN2O. The summed E-state index contributed by atoms with van der Waals surface area (Å²) in [5.74, 6) is 0.210. The van der Waals surface area contributed by atoms with Gasteiger partial charge in [-0.2, -0.15) is 0 Å². The highest BCUT2D eigenvalue weighted by Crippen LogP contribution is 2.19. The van der Waals surface area contributed by atoms with Crippen molar-refractivity contribution < 1.29 is 9.18 Å². The summed E-state index contributed by atoms with van der Waals surface area (Å²) in [6, 6.07) is 3.69. The lowest BCUT2D eigenvalue weighted by molar-refractivity contribution is 0.0668. The number of nitrogens with zero attached hydrogens (tertiary/aromatic N) is 2. The van der Waals surface area contributed by atoms with Gasteiger partial charge in [-0.3, -0.25) is 9.18 Å². The van der Waals surface area contributed by atoms with Crippen molar-refractivity contribution in [3.63, 3.8) is 0 Å². The Morgan fingerprint density at radius 2 is 2.19 bits per heavy atom. The summed E-state index contributed by atoms with van der Waals surface area (Å²) in [7, 11) is 1.86. The molecule has 1 aromatic rings. The SMILES string of the molecule is Cn1cccc1C(=O)N1CCC(CF)CC1. The van der Waals surface area contributed by atoms with E-state index in [4.69, 9.17) is 0 Å². The van der Waals surface area contributed by atoms with E-state index in [-0.39, 0.29) is 18.5 Å². The van der Waals surface area contributed by atoms with Gasteiger partial charge >= 0.3 is 0 Å². The molecule has 2 rings (SSSR count). The largest absolute Gasteiger partial charge is 0.347 e. The highest BCUT2D eigenvalue weighted by molar-refractivity contribution is 5.92. The smallest absolute Gasteiger partial charge is 0.270 e. The Labute approximate surface area is 94.9 Å². The summed E-state index contributed by atoms with van der Waals surface area (Å²) in [4.78, 5) is 13.9. The minimum atomic E-state index is -0.258. The molecule has 4 heteroatoms. The summed E-state index contributed by atoms with van der Waals surface area (Å²) in [6.45, 7) is 1.10. The summed E-state index contributed by atoms with van der Waals surface area (Å²) in [6.07, 6.45) is 3.43. The van der Waals surface area contributed by atoms with Crippen LogP contribution in [0.3, 0.4) is 0 Å². The molecule has 1 fully saturated rings. The predicted octanol–water partition coefficient (Wildman–Crippen LogP) is 1.85. The number of halogens is 1. The molecule has 2 heterocycles. The number of hydrogen-bond acceptors (Lipinski definition) is 1. The molecule has 16 heavy (non-hydrogen) atoms. The third-order valence-corrected chi connectivity index (χ3v) is 3.28. The second kappa shape index (κ2) is 4.68. The van der Waals surface area contributed by atoms with Crippen LogP contribution in [0.15, 0.2) is 18.3 Å². The number of carbonyl (C=O) groups is 1. The van der Waals surface area contributed by atoms with Crippen LogP contribution in [0.4, 0.5) is 4.39 Å². The Kier molecular flexibility index (Phi) is 3.27. The molecule has 0 radical (unpaired) electrons. The molecule has 0 spiro atoms. The van der Waals surface area contributed by atoms with Crippen molar-refractivity contribution in [2.24, 2.45) is 13.0 Å². The maximum atomic E-state index is 12.4. The van der Waals surface area contributed by atoms with E-state index in [0.717, 1.165) is 12.8 Å². The van der Waals surface area contributed by atoms with Crippen molar-refractivity contribution in [1.82, 2.24) is 9.47 Å². The summed E-state index contributed by atoms with van der Waals surface area (Å²) < 4.78 is 14.3. The number of aryl methyl sites for hydroxylation is 1. The maximum Gasteiger partial charge on any atom is 0.270 e. The molecule has 0 aromatic carbocycles. The number of alkyl halides is 1. The Bertz CT molecular complexity index is 367. The Balaban J connectivity index is 2.00. The maximum absolute atomic E-state index is 12.4. The highest BCUT2D eigenvalue weighted by atomic mass is 19.1. The summed E-state index contributed by atoms with van der Waals surface area (Å²) >= 11 is 0. The van der Waals surface area contributed by atoms with Gasteiger partial charge in [-0.1, -0.05) is 0 Å². The monoisotopic (exact) mass is 224 g/mol. The van der Waals surface area contributed by atoms with Gasteiger partial charge in [-0.05, 0) is 30.9 Å². The summed E-state index contributed by atoms with van der Waals surface area (Å²) in [5, 5.41) is 0. The van der Waals surface area contributed by atoms with Gasteiger partial charge in [0, 0.05) is 26.3 Å². The van der Waals surface area contributed by atoms with E-state index < -0.39 is 0 Å². The van der Waals surface area contributed by atoms with E-state index in [1.165, 1.54) is 0 Å². The molecule has 1 aliphatic heterocycles. The number of amides is 1. The number of aromatic nitrogens is 1. The molecule has 1 amide bonds. The number of rotatable bonds is 2. The molecule has 0 atom stereocenters. The van der Waals surface area contributed by atoms with E-state index >= 15 is 0 Å². The first-order valence-electron chi connectivity index (χ1n) is 5.69. The fourth-order valence-electron chi connectivity index (χ4n) is 2.14. The molecule has 0 aliphatic carbocycles. The normalized spacial score (nSPS) is 17.8. The van der Waals surface area contributed by atoms with E-state index in [1.54, 1.807) is 0 Å². The van der Waals surface area contributed by atoms with Gasteiger partial charge in [-0.15, -0.1) is 0 Å². The van der Waals surface area contributed by atoms with Crippen LogP contribution in [0.25, 0.3) is 0 Å². The molecule has 1 aliphatic rings. The minimum absolute atomic E-state index is 0.0600. The van der Waals surface area contributed by atoms with Crippen LogP contribution in [-0.4, -0.2) is 35.1 Å². The molecular weight excluding hydrogens is 207 g/mol. The zero-order valence-electron chi connectivity index (χ0n) is 9.53. The van der Waals surface area contributed by atoms with Crippen molar-refractivity contribution in [2.75, 3.05) is 19.8 Å². The van der Waals surface area contributed by atoms with Crippen molar-refractivity contribution in [2.45, 2.75) is 12.8 Å². The van der Waals surface area contributed by atoms with E-state index in [0.29, 0.717) is 18.8 Å². The molecule has 0 unspecified atom stereocenters. The van der Waals surface area contributed by atoms with Crippen molar-refractivity contribution in [3.8, 4) is 0 Å². The van der Waals surface area contributed by atoms with Crippen LogP contribution in [-0.2, 0) is 7.05 Å². The zero-order valence-corrected chi connectivity index (χ0v) is 9.53. The predicted molar refractivity (Wildman–Crippen MR) is 60.0 cm³/mol. The van der Waals surface area contributed by atoms with E-state index in [9.17, 15) is 9.18 Å². The number of likely N-dealkylation sites (tertiary alicyclic amines) is 1. The molecule has 0 saturated carbocycles. The first-order valence-corrected chi connectivity index (χ1v) is 5.69. The summed E-state index contributed by atoms with van der Waals surface area (Å²) in [5.41, 5.74) is 0.707. The molecule has 88 valence electrons. The minimum Gasteiger partial charge on any atom is -0.347 e. The topological polar surface area (TPSA) is 25.2 Å². The number of carbonyl (C=O) groups excluding carboxylic acids is 1. The molecule has 3 nitrogen and oxygen atoms in total. The standard InChI is InChI=1S/C12H17FN2O/c1-14-6-2-3-11(14)12(16)15-7-4-10(9-13)5-8-15/h2-3,6,10H,4-5,7-9H2,1H3. The molecule has 0 N–H and O–H groups in total. The van der Waals surface area contributed by atoms with Gasteiger partial charge in [-0.25, -0.2) is 0 Å². The lowest BCUT2D eigenvalue weighted by atomic mass is 9.98. The molecule has 1 saturated heterocycles. The van der Waals surface area contributed by atoms with Crippen LogP contribution in [0.1, 0.15) is 23.3 Å². The highest BCUT2D eigenvalue weighted by Gasteiger charge is 2.24. The number of piperidine rings is 1. The first-order chi connectivity index (χ1) is 7.72. The fraction of sp³-hybridized carbons (Fsp3) is 0.583. The van der Waals surface area contributed by atoms with Crippen LogP contribution < -0.4 is 0 Å². The van der Waals surface area contributed by atoms with Crippen molar-refractivity contribution >= 4 is 5.91 Å². The van der Waals surface area contributed by atoms with Crippen molar-refractivity contribution in [3.05, 3.63) is 24.0 Å². The van der Waals surface area contributed by atoms with Gasteiger partial charge < -0.3 is 9.47 Å². The lowest BCUT2D eigenvalue weighted by Crippen LogP contribution is -2.39. The van der Waals surface area contributed by atoms with E-state index in [1.807, 2.05) is 34.8 Å². The quantitative estimate of drug-likeness (QED) is 0.752. The Morgan fingerprint density at radius 3 is 2.69 bits per heavy atom. The third kappa shape index (κ3) is 2.10. The van der Waals surface area contributed by atoms with Crippen LogP contribution in [0.5, 0.6) is 0 Å². The zero-order chi connectivity index (χ0) is 11.5. The second-order valence-corrected chi connectivity index (χ2v) is 4.39. The van der Waals surface area contributed by atoms with Crippen LogP contribution in [0, 0.1) is 5.92 Å². The van der Waals surface area contributed by atoms with Gasteiger partial charge in [0.15, 0.2) is 0 Å². The first kappa shape index (κ1) is 11.2. The Morgan fingerprint density at radius 1 is 1.50 bits per heavy atom. The Hall–Kier alpha value is -1.32. The van der Waals surface area contributed by atoms with Gasteiger partial charge in [0.25, 0.3) is 5.91 Å². The number of hydrogen-bond donors (Lipinski definition) is 0. The van der Waals surface area contributed by atoms with Gasteiger partial charge in [0.05, 0.1) is 6.67 Å². The second-order valence-electron chi connectivity index (χ2n) is 4.39. The molecule has 1 aromatic heterocycles. The average Bonchev–Trinajstić information content (AvgIpc) is 2.75. The van der Waals surface area contributed by atoms with E-state index in [2.05, 4.69) is 0 Å². The van der Waals surface area contributed by atoms with Gasteiger partial charge in [0.1, 0.15) is 5.69 Å². The fourth-order valence-corrected chi connectivity index (χ4v) is 2.14. The van der Waals surface area contributed by atoms with Crippen molar-refractivity contribution in [1.29, 1.82) is 0 Å². The average molecular weight is 224 g/mol.